The Labute approximate surface area is 74.0 Å². The molecule has 0 aliphatic carbocycles. The van der Waals surface area contributed by atoms with Crippen molar-refractivity contribution in [3.63, 3.8) is 0 Å². The van der Waals surface area contributed by atoms with Gasteiger partial charge in [0.05, 0.1) is 0 Å². The van der Waals surface area contributed by atoms with Crippen LogP contribution in [0.5, 0.6) is 0 Å². The zero-order chi connectivity index (χ0) is 9.26. The average Bonchev–Trinajstić information content (AvgIpc) is 2.16. The van der Waals surface area contributed by atoms with E-state index >= 15 is 0 Å². The maximum absolute atomic E-state index is 12.5. The standard InChI is InChI=1S/C10H8FNO/c11-6-7-5-10(13)12-9-4-2-1-3-8(7)9/h1-5H,6H2,(H,12,13). The number of hydrogen-bond donors (Lipinski definition) is 1. The molecule has 0 fully saturated rings. The summed E-state index contributed by atoms with van der Waals surface area (Å²) in [5, 5.41) is 0.768. The molecule has 2 aromatic rings. The van der Waals surface area contributed by atoms with Gasteiger partial charge in [-0.1, -0.05) is 18.2 Å². The van der Waals surface area contributed by atoms with Gasteiger partial charge in [-0.05, 0) is 11.6 Å². The second-order valence-corrected chi connectivity index (χ2v) is 2.84. The Balaban J connectivity index is 2.89. The second-order valence-electron chi connectivity index (χ2n) is 2.84. The van der Waals surface area contributed by atoms with Crippen LogP contribution >= 0.6 is 0 Å². The van der Waals surface area contributed by atoms with Crippen molar-refractivity contribution in [2.24, 2.45) is 0 Å². The van der Waals surface area contributed by atoms with Gasteiger partial charge in [0.15, 0.2) is 0 Å². The smallest absolute Gasteiger partial charge is 0.248 e. The summed E-state index contributed by atoms with van der Waals surface area (Å²) < 4.78 is 12.5. The highest BCUT2D eigenvalue weighted by Gasteiger charge is 2.00. The van der Waals surface area contributed by atoms with Gasteiger partial charge in [0, 0.05) is 17.0 Å². The van der Waals surface area contributed by atoms with Crippen LogP contribution in [-0.2, 0) is 6.67 Å². The number of H-pyrrole nitrogens is 1. The maximum atomic E-state index is 12.5. The van der Waals surface area contributed by atoms with Crippen molar-refractivity contribution in [1.29, 1.82) is 0 Å². The van der Waals surface area contributed by atoms with Crippen molar-refractivity contribution in [2.75, 3.05) is 0 Å². The van der Waals surface area contributed by atoms with Crippen LogP contribution in [0, 0.1) is 0 Å². The summed E-state index contributed by atoms with van der Waals surface area (Å²) in [4.78, 5) is 13.7. The van der Waals surface area contributed by atoms with Crippen molar-refractivity contribution in [3.8, 4) is 0 Å². The molecule has 2 rings (SSSR count). The molecule has 0 spiro atoms. The molecule has 1 heterocycles. The molecule has 0 bridgehead atoms. The first kappa shape index (κ1) is 7.98. The lowest BCUT2D eigenvalue weighted by Gasteiger charge is -2.00. The molecule has 0 aliphatic rings. The fraction of sp³-hybridized carbons (Fsp3) is 0.100. The first-order valence-electron chi connectivity index (χ1n) is 3.98. The number of halogens is 1. The number of hydrogen-bond acceptors (Lipinski definition) is 1. The highest BCUT2D eigenvalue weighted by Crippen LogP contribution is 2.14. The molecule has 0 aliphatic heterocycles. The third-order valence-electron chi connectivity index (χ3n) is 1.98. The van der Waals surface area contributed by atoms with Crippen LogP contribution in [0.4, 0.5) is 4.39 Å². The van der Waals surface area contributed by atoms with E-state index in [1.165, 1.54) is 6.07 Å². The quantitative estimate of drug-likeness (QED) is 0.710. The number of para-hydroxylation sites is 1. The third kappa shape index (κ3) is 1.33. The number of pyridine rings is 1. The van der Waals surface area contributed by atoms with Gasteiger partial charge in [0.2, 0.25) is 5.56 Å². The van der Waals surface area contributed by atoms with Crippen molar-refractivity contribution in [1.82, 2.24) is 4.98 Å². The zero-order valence-electron chi connectivity index (χ0n) is 6.88. The van der Waals surface area contributed by atoms with Crippen LogP contribution < -0.4 is 5.56 Å². The molecule has 0 saturated heterocycles. The molecule has 0 unspecified atom stereocenters. The van der Waals surface area contributed by atoms with Crippen molar-refractivity contribution in [3.05, 3.63) is 46.2 Å². The lowest BCUT2D eigenvalue weighted by Crippen LogP contribution is -2.05. The van der Waals surface area contributed by atoms with E-state index in [-0.39, 0.29) is 5.56 Å². The monoisotopic (exact) mass is 177 g/mol. The minimum Gasteiger partial charge on any atom is -0.322 e. The van der Waals surface area contributed by atoms with Gasteiger partial charge >= 0.3 is 0 Å². The van der Waals surface area contributed by atoms with Gasteiger partial charge < -0.3 is 4.98 Å². The highest BCUT2D eigenvalue weighted by atomic mass is 19.1. The lowest BCUT2D eigenvalue weighted by molar-refractivity contribution is 0.487. The number of aromatic amines is 1. The Morgan fingerprint density at radius 2 is 2.08 bits per heavy atom. The minimum absolute atomic E-state index is 0.258. The predicted octanol–water partition coefficient (Wildman–Crippen LogP) is 2.00. The van der Waals surface area contributed by atoms with Crippen LogP contribution in [0.2, 0.25) is 0 Å². The van der Waals surface area contributed by atoms with Crippen LogP contribution in [0.1, 0.15) is 5.56 Å². The van der Waals surface area contributed by atoms with Gasteiger partial charge in [0.1, 0.15) is 6.67 Å². The largest absolute Gasteiger partial charge is 0.322 e. The number of alkyl halides is 1. The van der Waals surface area contributed by atoms with Crippen LogP contribution in [0.3, 0.4) is 0 Å². The lowest BCUT2D eigenvalue weighted by atomic mass is 10.1. The molecular formula is C10H8FNO. The molecule has 1 N–H and O–H groups in total. The number of nitrogens with one attached hydrogen (secondary N) is 1. The molecule has 66 valence electrons. The van der Waals surface area contributed by atoms with Crippen molar-refractivity contribution in [2.45, 2.75) is 6.67 Å². The van der Waals surface area contributed by atoms with Crippen LogP contribution in [-0.4, -0.2) is 4.98 Å². The Kier molecular flexibility index (Phi) is 1.85. The fourth-order valence-electron chi connectivity index (χ4n) is 1.39. The zero-order valence-corrected chi connectivity index (χ0v) is 6.88. The Bertz CT molecular complexity index is 489. The maximum Gasteiger partial charge on any atom is 0.248 e. The topological polar surface area (TPSA) is 32.9 Å². The molecule has 0 amide bonds. The molecule has 0 saturated carbocycles. The molecule has 1 aromatic heterocycles. The summed E-state index contributed by atoms with van der Waals surface area (Å²) in [6.07, 6.45) is 0. The minimum atomic E-state index is -0.607. The molecule has 13 heavy (non-hydrogen) atoms. The predicted molar refractivity (Wildman–Crippen MR) is 49.4 cm³/mol. The number of rotatable bonds is 1. The second kappa shape index (κ2) is 3.01. The summed E-state index contributed by atoms with van der Waals surface area (Å²) in [5.74, 6) is 0. The Hall–Kier alpha value is -1.64. The van der Waals surface area contributed by atoms with Crippen molar-refractivity contribution < 1.29 is 4.39 Å². The normalized spacial score (nSPS) is 10.5. The van der Waals surface area contributed by atoms with E-state index in [4.69, 9.17) is 0 Å². The first-order chi connectivity index (χ1) is 6.31. The summed E-state index contributed by atoms with van der Waals surface area (Å²) in [5.41, 5.74) is 0.869. The SMILES string of the molecule is O=c1cc(CF)c2ccccc2[nH]1. The summed E-state index contributed by atoms with van der Waals surface area (Å²) >= 11 is 0. The van der Waals surface area contributed by atoms with Gasteiger partial charge in [-0.3, -0.25) is 4.79 Å². The van der Waals surface area contributed by atoms with Gasteiger partial charge in [-0.25, -0.2) is 4.39 Å². The van der Waals surface area contributed by atoms with E-state index in [1.54, 1.807) is 18.2 Å². The highest BCUT2D eigenvalue weighted by molar-refractivity contribution is 5.81. The van der Waals surface area contributed by atoms with E-state index in [0.29, 0.717) is 11.1 Å². The third-order valence-corrected chi connectivity index (χ3v) is 1.98. The van der Waals surface area contributed by atoms with E-state index in [2.05, 4.69) is 4.98 Å². The Morgan fingerprint density at radius 3 is 2.85 bits per heavy atom. The summed E-state index contributed by atoms with van der Waals surface area (Å²) in [6, 6.07) is 8.47. The van der Waals surface area contributed by atoms with E-state index in [0.717, 1.165) is 5.39 Å². The summed E-state index contributed by atoms with van der Waals surface area (Å²) in [7, 11) is 0. The van der Waals surface area contributed by atoms with E-state index in [1.807, 2.05) is 6.07 Å². The van der Waals surface area contributed by atoms with Crippen molar-refractivity contribution >= 4 is 10.9 Å². The van der Waals surface area contributed by atoms with Gasteiger partial charge in [-0.15, -0.1) is 0 Å². The average molecular weight is 177 g/mol. The van der Waals surface area contributed by atoms with Gasteiger partial charge in [-0.2, -0.15) is 0 Å². The van der Waals surface area contributed by atoms with Crippen LogP contribution in [0.15, 0.2) is 35.1 Å². The van der Waals surface area contributed by atoms with Crippen LogP contribution in [0.25, 0.3) is 10.9 Å². The first-order valence-corrected chi connectivity index (χ1v) is 3.98. The van der Waals surface area contributed by atoms with Gasteiger partial charge in [0.25, 0.3) is 0 Å². The molecular weight excluding hydrogens is 169 g/mol. The molecule has 3 heteroatoms. The molecule has 2 nitrogen and oxygen atoms in total. The number of aromatic nitrogens is 1. The molecule has 0 atom stereocenters. The number of benzene rings is 1. The number of fused-ring (bicyclic) bond motifs is 1. The summed E-state index contributed by atoms with van der Waals surface area (Å²) in [6.45, 7) is -0.607. The fourth-order valence-corrected chi connectivity index (χ4v) is 1.39. The van der Waals surface area contributed by atoms with E-state index in [9.17, 15) is 9.18 Å². The van der Waals surface area contributed by atoms with E-state index < -0.39 is 6.67 Å². The Morgan fingerprint density at radius 1 is 1.31 bits per heavy atom. The molecule has 0 radical (unpaired) electrons. The molecule has 1 aromatic carbocycles.